The highest BCUT2D eigenvalue weighted by molar-refractivity contribution is 4.85. The van der Waals surface area contributed by atoms with Crippen LogP contribution in [0, 0.1) is 35.5 Å². The summed E-state index contributed by atoms with van der Waals surface area (Å²) in [4.78, 5) is 0. The van der Waals surface area contributed by atoms with Crippen LogP contribution in [0.3, 0.4) is 0 Å². The summed E-state index contributed by atoms with van der Waals surface area (Å²) in [5.41, 5.74) is 0. The fraction of sp³-hybridized carbons (Fsp3) is 1.00. The van der Waals surface area contributed by atoms with E-state index >= 15 is 0 Å². The molecule has 10 atom stereocenters. The van der Waals surface area contributed by atoms with Crippen LogP contribution < -0.4 is 0 Å². The summed E-state index contributed by atoms with van der Waals surface area (Å²) in [5, 5.41) is 9.73. The Bertz CT molecular complexity index is 390. The van der Waals surface area contributed by atoms with Crippen LogP contribution in [0.15, 0.2) is 0 Å². The maximum atomic E-state index is 9.73. The van der Waals surface area contributed by atoms with Gasteiger partial charge in [0.25, 0.3) is 0 Å². The van der Waals surface area contributed by atoms with Crippen LogP contribution in [0.2, 0.25) is 0 Å². The predicted molar refractivity (Wildman–Crippen MR) is 92.4 cm³/mol. The van der Waals surface area contributed by atoms with Crippen LogP contribution in [0.5, 0.6) is 0 Å². The van der Waals surface area contributed by atoms with Crippen molar-refractivity contribution in [2.75, 3.05) is 20.3 Å². The Balaban J connectivity index is 2.00. The minimum atomic E-state index is -0.258. The molecule has 2 heterocycles. The Morgan fingerprint density at radius 1 is 0.750 bits per heavy atom. The zero-order valence-corrected chi connectivity index (χ0v) is 16.3. The third kappa shape index (κ3) is 3.96. The van der Waals surface area contributed by atoms with Crippen molar-refractivity contribution in [2.24, 2.45) is 35.5 Å². The van der Waals surface area contributed by atoms with E-state index in [4.69, 9.17) is 18.9 Å². The van der Waals surface area contributed by atoms with Crippen LogP contribution >= 0.6 is 0 Å². The molecule has 142 valence electrons. The zero-order valence-electron chi connectivity index (χ0n) is 16.3. The molecule has 0 aromatic heterocycles. The number of rotatable bonds is 5. The average Bonchev–Trinajstić information content (AvgIpc) is 2.56. The lowest BCUT2D eigenvalue weighted by Gasteiger charge is -2.46. The van der Waals surface area contributed by atoms with E-state index in [1.54, 1.807) is 7.11 Å². The number of hydrogen-bond donors (Lipinski definition) is 1. The fourth-order valence-corrected chi connectivity index (χ4v) is 4.28. The lowest BCUT2D eigenvalue weighted by Crippen LogP contribution is -2.50. The Kier molecular flexibility index (Phi) is 7.09. The smallest absolute Gasteiger partial charge is 0.160 e. The molecule has 2 aliphatic heterocycles. The number of hydrogen-bond acceptors (Lipinski definition) is 5. The number of aliphatic hydroxyl groups excluding tert-OH is 1. The molecular formula is C19H36O5. The summed E-state index contributed by atoms with van der Waals surface area (Å²) in [6.45, 7) is 13.6. The van der Waals surface area contributed by atoms with Crippen molar-refractivity contribution in [3.63, 3.8) is 0 Å². The van der Waals surface area contributed by atoms with Crippen molar-refractivity contribution in [1.29, 1.82) is 0 Å². The first-order valence-electron chi connectivity index (χ1n) is 9.37. The first-order valence-corrected chi connectivity index (χ1v) is 9.37. The van der Waals surface area contributed by atoms with Gasteiger partial charge in [0.2, 0.25) is 0 Å². The fourth-order valence-electron chi connectivity index (χ4n) is 4.28. The van der Waals surface area contributed by atoms with Crippen LogP contribution in [0.4, 0.5) is 0 Å². The highest BCUT2D eigenvalue weighted by atomic mass is 16.7. The third-order valence-electron chi connectivity index (χ3n) is 6.63. The van der Waals surface area contributed by atoms with Crippen molar-refractivity contribution < 1.29 is 24.1 Å². The van der Waals surface area contributed by atoms with Gasteiger partial charge in [-0.15, -0.1) is 0 Å². The molecule has 0 aromatic carbocycles. The van der Waals surface area contributed by atoms with E-state index < -0.39 is 0 Å². The van der Waals surface area contributed by atoms with E-state index in [-0.39, 0.29) is 49.1 Å². The van der Waals surface area contributed by atoms with Crippen LogP contribution in [-0.2, 0) is 18.9 Å². The molecule has 0 radical (unpaired) electrons. The second kappa shape index (κ2) is 8.45. The Labute approximate surface area is 147 Å². The normalized spacial score (nSPS) is 50.0. The first kappa shape index (κ1) is 20.1. The van der Waals surface area contributed by atoms with Crippen molar-refractivity contribution >= 4 is 0 Å². The number of ether oxygens (including phenoxy) is 4. The number of methoxy groups -OCH3 is 1. The van der Waals surface area contributed by atoms with Gasteiger partial charge in [0.05, 0.1) is 18.8 Å². The molecule has 4 unspecified atom stereocenters. The minimum absolute atomic E-state index is 0.0959. The Morgan fingerprint density at radius 2 is 1.25 bits per heavy atom. The van der Waals surface area contributed by atoms with Gasteiger partial charge < -0.3 is 24.1 Å². The van der Waals surface area contributed by atoms with Gasteiger partial charge in [0, 0.05) is 25.6 Å². The molecule has 24 heavy (non-hydrogen) atoms. The third-order valence-corrected chi connectivity index (χ3v) is 6.63. The van der Waals surface area contributed by atoms with Crippen LogP contribution in [-0.4, -0.2) is 50.2 Å². The van der Waals surface area contributed by atoms with E-state index in [2.05, 4.69) is 41.5 Å². The van der Waals surface area contributed by atoms with Gasteiger partial charge >= 0.3 is 0 Å². The lowest BCUT2D eigenvalue weighted by atomic mass is 9.77. The molecule has 2 rings (SSSR count). The molecule has 0 aliphatic carbocycles. The van der Waals surface area contributed by atoms with Gasteiger partial charge in [-0.3, -0.25) is 0 Å². The van der Waals surface area contributed by atoms with Gasteiger partial charge in [0.15, 0.2) is 12.6 Å². The molecule has 5 heteroatoms. The summed E-state index contributed by atoms with van der Waals surface area (Å²) in [7, 11) is 1.70. The van der Waals surface area contributed by atoms with E-state index in [1.807, 2.05) is 0 Å². The average molecular weight is 344 g/mol. The summed E-state index contributed by atoms with van der Waals surface area (Å²) < 4.78 is 23.7. The molecule has 0 aromatic rings. The quantitative estimate of drug-likeness (QED) is 0.831. The highest BCUT2D eigenvalue weighted by Crippen LogP contribution is 2.38. The molecule has 2 aliphatic rings. The molecule has 0 spiro atoms. The lowest BCUT2D eigenvalue weighted by molar-refractivity contribution is -0.276. The summed E-state index contributed by atoms with van der Waals surface area (Å²) in [6, 6.07) is 0. The van der Waals surface area contributed by atoms with Gasteiger partial charge in [-0.25, -0.2) is 0 Å². The van der Waals surface area contributed by atoms with Gasteiger partial charge in [-0.05, 0) is 37.5 Å². The largest absolute Gasteiger partial charge is 0.396 e. The van der Waals surface area contributed by atoms with E-state index in [1.165, 1.54) is 0 Å². The van der Waals surface area contributed by atoms with E-state index in [0.29, 0.717) is 24.4 Å². The number of aliphatic hydroxyl groups is 1. The minimum Gasteiger partial charge on any atom is -0.396 e. The maximum absolute atomic E-state index is 9.73. The van der Waals surface area contributed by atoms with Crippen LogP contribution in [0.1, 0.15) is 41.5 Å². The maximum Gasteiger partial charge on any atom is 0.160 e. The molecular weight excluding hydrogens is 308 g/mol. The van der Waals surface area contributed by atoms with E-state index in [9.17, 15) is 5.11 Å². The topological polar surface area (TPSA) is 57.2 Å². The van der Waals surface area contributed by atoms with Crippen molar-refractivity contribution in [1.82, 2.24) is 0 Å². The standard InChI is InChI=1S/C19H36O5/c1-10-14(5)24-19(12(3)16(10)8-20)22-9-17-11(2)15(6)23-18(21-7)13(17)4/h10-20H,8-9H2,1-7H3/t10-,11-,12?,13?,14?,15?,16+,17+,18-,19-/m1/s1. The summed E-state index contributed by atoms with van der Waals surface area (Å²) in [5.74, 6) is 1.76. The summed E-state index contributed by atoms with van der Waals surface area (Å²) in [6.07, 6.45) is -0.197. The SMILES string of the molecule is CO[C@@H]1OC(C)[C@@H](C)[C@H](CO[C@@H]2OC(C)[C@@H](C)[C@H](CO)C2C)C1C. The molecule has 1 N–H and O–H groups in total. The van der Waals surface area contributed by atoms with Gasteiger partial charge in [-0.2, -0.15) is 0 Å². The Morgan fingerprint density at radius 3 is 1.79 bits per heavy atom. The Hall–Kier alpha value is -0.200. The van der Waals surface area contributed by atoms with Crippen molar-refractivity contribution in [3.8, 4) is 0 Å². The highest BCUT2D eigenvalue weighted by Gasteiger charge is 2.43. The zero-order chi connectivity index (χ0) is 18.0. The molecule has 0 amide bonds. The molecule has 2 fully saturated rings. The monoisotopic (exact) mass is 344 g/mol. The predicted octanol–water partition coefficient (Wildman–Crippen LogP) is 2.91. The molecule has 5 nitrogen and oxygen atoms in total. The van der Waals surface area contributed by atoms with Crippen LogP contribution in [0.25, 0.3) is 0 Å². The van der Waals surface area contributed by atoms with Crippen molar-refractivity contribution in [3.05, 3.63) is 0 Å². The van der Waals surface area contributed by atoms with Crippen molar-refractivity contribution in [2.45, 2.75) is 66.3 Å². The van der Waals surface area contributed by atoms with E-state index in [0.717, 1.165) is 0 Å². The first-order chi connectivity index (χ1) is 11.3. The second-order valence-electron chi connectivity index (χ2n) is 7.93. The summed E-state index contributed by atoms with van der Waals surface area (Å²) >= 11 is 0. The van der Waals surface area contributed by atoms with Gasteiger partial charge in [-0.1, -0.05) is 27.7 Å². The second-order valence-corrected chi connectivity index (χ2v) is 7.93. The molecule has 0 saturated carbocycles. The van der Waals surface area contributed by atoms with Gasteiger partial charge in [0.1, 0.15) is 0 Å². The molecule has 2 saturated heterocycles. The molecule has 0 bridgehead atoms.